The van der Waals surface area contributed by atoms with E-state index in [9.17, 15) is 0 Å². The van der Waals surface area contributed by atoms with E-state index in [1.54, 1.807) is 7.11 Å². The molecule has 108 valence electrons. The minimum atomic E-state index is -0.524. The number of methoxy groups -OCH3 is 1. The van der Waals surface area contributed by atoms with Crippen molar-refractivity contribution in [2.45, 2.75) is 38.9 Å². The second-order valence-electron chi connectivity index (χ2n) is 5.89. The lowest BCUT2D eigenvalue weighted by molar-refractivity contribution is 0.00578. The fourth-order valence-electron chi connectivity index (χ4n) is 1.88. The molecule has 0 spiro atoms. The molecule has 5 heteroatoms. The Labute approximate surface area is 126 Å². The van der Waals surface area contributed by atoms with E-state index in [0.717, 1.165) is 11.3 Å². The van der Waals surface area contributed by atoms with Crippen LogP contribution in [0.3, 0.4) is 0 Å². The van der Waals surface area contributed by atoms with Crippen LogP contribution in [0.5, 0.6) is 5.75 Å². The van der Waals surface area contributed by atoms with Crippen molar-refractivity contribution in [3.8, 4) is 5.75 Å². The molecule has 0 radical (unpaired) electrons. The average Bonchev–Trinajstić information content (AvgIpc) is 2.59. The van der Waals surface area contributed by atoms with Crippen molar-refractivity contribution >= 4 is 24.8 Å². The van der Waals surface area contributed by atoms with Crippen LogP contribution in [0.2, 0.25) is 0 Å². The highest BCUT2D eigenvalue weighted by molar-refractivity contribution is 6.71. The van der Waals surface area contributed by atoms with E-state index in [2.05, 4.69) is 0 Å². The average molecular weight is 295 g/mol. The van der Waals surface area contributed by atoms with Crippen LogP contribution in [-0.4, -0.2) is 25.4 Å². The number of benzene rings is 1. The number of hydrogen-bond donors (Lipinski definition) is 0. The molecule has 0 aliphatic carbocycles. The summed E-state index contributed by atoms with van der Waals surface area (Å²) in [6.45, 7) is 8.02. The number of ether oxygens (including phenoxy) is 1. The van der Waals surface area contributed by atoms with Gasteiger partial charge in [0.2, 0.25) is 0 Å². The van der Waals surface area contributed by atoms with Crippen LogP contribution in [0, 0.1) is 0 Å². The Hall–Kier alpha value is -0.965. The van der Waals surface area contributed by atoms with Crippen molar-refractivity contribution in [2.75, 3.05) is 7.11 Å². The zero-order valence-corrected chi connectivity index (χ0v) is 13.3. The second-order valence-corrected chi connectivity index (χ2v) is 6.33. The van der Waals surface area contributed by atoms with Crippen molar-refractivity contribution in [1.82, 2.24) is 0 Å². The molecule has 1 fully saturated rings. The minimum absolute atomic E-state index is 0.383. The third-order valence-electron chi connectivity index (χ3n) is 3.90. The Balaban J connectivity index is 2.15. The van der Waals surface area contributed by atoms with Crippen LogP contribution in [0.4, 0.5) is 0 Å². The summed E-state index contributed by atoms with van der Waals surface area (Å²) in [6.07, 6.45) is 1.85. The first-order valence-electron chi connectivity index (χ1n) is 6.62. The quantitative estimate of drug-likeness (QED) is 0.791. The summed E-state index contributed by atoms with van der Waals surface area (Å²) in [4.78, 5) is 0.536. The zero-order chi connectivity index (χ0) is 15.0. The van der Waals surface area contributed by atoms with Crippen LogP contribution in [0.25, 0.3) is 6.08 Å². The fourth-order valence-corrected chi connectivity index (χ4v) is 2.10. The fraction of sp³-hybridized carbons (Fsp3) is 0.467. The summed E-state index contributed by atoms with van der Waals surface area (Å²) >= 11 is 6.33. The smallest absolute Gasteiger partial charge is 0.497 e. The summed E-state index contributed by atoms with van der Waals surface area (Å²) in [5.74, 6) is 0.814. The maximum atomic E-state index is 6.33. The molecule has 1 heterocycles. The zero-order valence-electron chi connectivity index (χ0n) is 12.6. The molecule has 20 heavy (non-hydrogen) atoms. The first kappa shape index (κ1) is 15.4. The van der Waals surface area contributed by atoms with Gasteiger partial charge in [-0.25, -0.2) is 0 Å². The van der Waals surface area contributed by atoms with Crippen molar-refractivity contribution in [3.63, 3.8) is 0 Å². The molecule has 1 saturated heterocycles. The number of rotatable bonds is 3. The minimum Gasteiger partial charge on any atom is -0.497 e. The molecule has 0 N–H and O–H groups in total. The third-order valence-corrected chi connectivity index (χ3v) is 4.19. The van der Waals surface area contributed by atoms with Crippen molar-refractivity contribution in [2.24, 2.45) is 0 Å². The molecule has 1 aliphatic heterocycles. The second kappa shape index (κ2) is 5.43. The van der Waals surface area contributed by atoms with Gasteiger partial charge < -0.3 is 14.0 Å². The van der Waals surface area contributed by atoms with Gasteiger partial charge in [-0.1, -0.05) is 23.7 Å². The van der Waals surface area contributed by atoms with Gasteiger partial charge in [0.15, 0.2) is 0 Å². The lowest BCUT2D eigenvalue weighted by Crippen LogP contribution is -2.41. The van der Waals surface area contributed by atoms with Crippen LogP contribution in [-0.2, 0) is 9.31 Å². The summed E-state index contributed by atoms with van der Waals surface area (Å²) in [5, 5.41) is 0. The normalized spacial score (nSPS) is 21.1. The van der Waals surface area contributed by atoms with Gasteiger partial charge >= 0.3 is 7.12 Å². The van der Waals surface area contributed by atoms with Gasteiger partial charge in [0.05, 0.1) is 18.3 Å². The molecular weight excluding hydrogens is 274 g/mol. The Morgan fingerprint density at radius 2 is 1.60 bits per heavy atom. The van der Waals surface area contributed by atoms with E-state index in [1.807, 2.05) is 58.0 Å². The first-order valence-corrected chi connectivity index (χ1v) is 7.00. The standard InChI is InChI=1S/C15H20BClO3/c1-14(2)15(3,4)20-16(19-14)13(17)10-11-6-8-12(18-5)9-7-11/h6-10H,1-5H3/b13-10+. The maximum Gasteiger partial charge on any atom is 0.506 e. The predicted octanol–water partition coefficient (Wildman–Crippen LogP) is 3.91. The highest BCUT2D eigenvalue weighted by atomic mass is 35.5. The first-order chi connectivity index (χ1) is 9.25. The lowest BCUT2D eigenvalue weighted by atomic mass is 9.88. The molecule has 0 unspecified atom stereocenters. The predicted molar refractivity (Wildman–Crippen MR) is 82.9 cm³/mol. The molecule has 0 atom stereocenters. The molecule has 0 aromatic heterocycles. The molecular formula is C15H20BClO3. The number of hydrogen-bond acceptors (Lipinski definition) is 3. The molecule has 0 amide bonds. The van der Waals surface area contributed by atoms with E-state index in [-0.39, 0.29) is 11.2 Å². The van der Waals surface area contributed by atoms with Crippen molar-refractivity contribution in [3.05, 3.63) is 34.8 Å². The van der Waals surface area contributed by atoms with Gasteiger partial charge in [0.25, 0.3) is 0 Å². The lowest BCUT2D eigenvalue weighted by Gasteiger charge is -2.32. The summed E-state index contributed by atoms with van der Waals surface area (Å²) in [5.41, 5.74) is 0.211. The SMILES string of the molecule is COc1ccc(/C=C(/Cl)B2OC(C)(C)C(C)(C)O2)cc1. The van der Waals surface area contributed by atoms with Gasteiger partial charge in [0.1, 0.15) is 5.75 Å². The monoisotopic (exact) mass is 294 g/mol. The van der Waals surface area contributed by atoms with Crippen LogP contribution < -0.4 is 4.74 Å². The molecule has 3 nitrogen and oxygen atoms in total. The van der Waals surface area contributed by atoms with Crippen molar-refractivity contribution in [1.29, 1.82) is 0 Å². The Bertz CT molecular complexity index is 492. The third kappa shape index (κ3) is 3.03. The molecule has 1 aromatic carbocycles. The van der Waals surface area contributed by atoms with Gasteiger partial charge in [0, 0.05) is 4.93 Å². The Kier molecular flexibility index (Phi) is 4.19. The van der Waals surface area contributed by atoms with Crippen LogP contribution in [0.15, 0.2) is 29.2 Å². The van der Waals surface area contributed by atoms with Gasteiger partial charge in [-0.05, 0) is 51.5 Å². The van der Waals surface area contributed by atoms with E-state index in [0.29, 0.717) is 4.93 Å². The van der Waals surface area contributed by atoms with Crippen LogP contribution >= 0.6 is 11.6 Å². The van der Waals surface area contributed by atoms with E-state index in [4.69, 9.17) is 25.6 Å². The molecule has 0 saturated carbocycles. The Morgan fingerprint density at radius 1 is 1.10 bits per heavy atom. The molecule has 0 bridgehead atoms. The highest BCUT2D eigenvalue weighted by Gasteiger charge is 2.52. The molecule has 2 rings (SSSR count). The van der Waals surface area contributed by atoms with Gasteiger partial charge in [-0.15, -0.1) is 0 Å². The van der Waals surface area contributed by atoms with Gasteiger partial charge in [-0.2, -0.15) is 0 Å². The van der Waals surface area contributed by atoms with E-state index < -0.39 is 7.12 Å². The topological polar surface area (TPSA) is 27.7 Å². The van der Waals surface area contributed by atoms with E-state index >= 15 is 0 Å². The molecule has 1 aromatic rings. The van der Waals surface area contributed by atoms with Gasteiger partial charge in [-0.3, -0.25) is 0 Å². The van der Waals surface area contributed by atoms with Crippen molar-refractivity contribution < 1.29 is 14.0 Å². The summed E-state index contributed by atoms with van der Waals surface area (Å²) in [6, 6.07) is 7.65. The van der Waals surface area contributed by atoms with Crippen LogP contribution in [0.1, 0.15) is 33.3 Å². The summed E-state index contributed by atoms with van der Waals surface area (Å²) < 4.78 is 16.9. The molecule has 1 aliphatic rings. The summed E-state index contributed by atoms with van der Waals surface area (Å²) in [7, 11) is 1.12. The largest absolute Gasteiger partial charge is 0.506 e. The highest BCUT2D eigenvalue weighted by Crippen LogP contribution is 2.39. The number of halogens is 1. The van der Waals surface area contributed by atoms with E-state index in [1.165, 1.54) is 0 Å². The maximum absolute atomic E-state index is 6.33. The Morgan fingerprint density at radius 3 is 2.05 bits per heavy atom.